The van der Waals surface area contributed by atoms with Crippen molar-refractivity contribution in [3.63, 3.8) is 0 Å². The molecular formula is C22H16FNO3. The average molecular weight is 361 g/mol. The summed E-state index contributed by atoms with van der Waals surface area (Å²) in [5.41, 5.74) is 1.82. The number of anilines is 1. The molecule has 3 rings (SSSR count). The fraction of sp³-hybridized carbons (Fsp3) is 0. The second kappa shape index (κ2) is 8.58. The predicted molar refractivity (Wildman–Crippen MR) is 102 cm³/mol. The van der Waals surface area contributed by atoms with Crippen molar-refractivity contribution in [2.24, 2.45) is 0 Å². The molecule has 0 atom stereocenters. The third-order valence-corrected chi connectivity index (χ3v) is 3.65. The summed E-state index contributed by atoms with van der Waals surface area (Å²) in [5, 5.41) is 2.78. The first-order chi connectivity index (χ1) is 13.1. The van der Waals surface area contributed by atoms with Gasteiger partial charge in [-0.05, 0) is 60.2 Å². The van der Waals surface area contributed by atoms with Gasteiger partial charge in [-0.25, -0.2) is 9.18 Å². The summed E-state index contributed by atoms with van der Waals surface area (Å²) in [5.74, 6) is -0.845. The molecule has 1 amide bonds. The van der Waals surface area contributed by atoms with Gasteiger partial charge >= 0.3 is 5.97 Å². The van der Waals surface area contributed by atoms with Gasteiger partial charge in [-0.3, -0.25) is 4.79 Å². The molecule has 0 radical (unpaired) electrons. The van der Waals surface area contributed by atoms with Gasteiger partial charge in [0.05, 0.1) is 0 Å². The molecule has 0 aliphatic rings. The molecular weight excluding hydrogens is 345 g/mol. The number of nitrogens with one attached hydrogen (secondary N) is 1. The Morgan fingerprint density at radius 2 is 1.52 bits per heavy atom. The molecule has 0 saturated carbocycles. The van der Waals surface area contributed by atoms with Crippen LogP contribution < -0.4 is 10.1 Å². The van der Waals surface area contributed by atoms with Crippen molar-refractivity contribution >= 4 is 23.6 Å². The molecule has 0 spiro atoms. The Labute approximate surface area is 155 Å². The first-order valence-corrected chi connectivity index (χ1v) is 8.22. The molecule has 4 nitrogen and oxygen atoms in total. The lowest BCUT2D eigenvalue weighted by molar-refractivity contribution is -0.128. The minimum atomic E-state index is -0.569. The molecule has 0 unspecified atom stereocenters. The van der Waals surface area contributed by atoms with E-state index >= 15 is 0 Å². The minimum Gasteiger partial charge on any atom is -0.423 e. The van der Waals surface area contributed by atoms with Crippen molar-refractivity contribution in [1.29, 1.82) is 0 Å². The number of esters is 1. The lowest BCUT2D eigenvalue weighted by Crippen LogP contribution is -2.11. The molecule has 0 heterocycles. The van der Waals surface area contributed by atoms with Crippen LogP contribution in [0.25, 0.3) is 6.08 Å². The highest BCUT2D eigenvalue weighted by atomic mass is 19.1. The first-order valence-electron chi connectivity index (χ1n) is 8.22. The predicted octanol–water partition coefficient (Wildman–Crippen LogP) is 4.70. The van der Waals surface area contributed by atoms with Gasteiger partial charge in [0.25, 0.3) is 5.91 Å². The van der Waals surface area contributed by atoms with E-state index in [2.05, 4.69) is 5.32 Å². The smallest absolute Gasteiger partial charge is 0.336 e. The zero-order valence-electron chi connectivity index (χ0n) is 14.3. The van der Waals surface area contributed by atoms with E-state index in [1.165, 1.54) is 24.3 Å². The van der Waals surface area contributed by atoms with Crippen LogP contribution in [0.5, 0.6) is 5.75 Å². The van der Waals surface area contributed by atoms with Crippen molar-refractivity contribution in [3.8, 4) is 5.75 Å². The molecule has 3 aromatic rings. The van der Waals surface area contributed by atoms with E-state index < -0.39 is 5.97 Å². The van der Waals surface area contributed by atoms with Gasteiger partial charge in [0.1, 0.15) is 11.6 Å². The van der Waals surface area contributed by atoms with Crippen LogP contribution in [0.3, 0.4) is 0 Å². The minimum absolute atomic E-state index is 0.254. The summed E-state index contributed by atoms with van der Waals surface area (Å²) in [4.78, 5) is 24.0. The Morgan fingerprint density at radius 1 is 0.852 bits per heavy atom. The summed E-state index contributed by atoms with van der Waals surface area (Å²) in [6, 6.07) is 21.1. The van der Waals surface area contributed by atoms with Gasteiger partial charge in [-0.2, -0.15) is 0 Å². The number of rotatable bonds is 5. The summed E-state index contributed by atoms with van der Waals surface area (Å²) in [7, 11) is 0. The zero-order chi connectivity index (χ0) is 19.1. The van der Waals surface area contributed by atoms with E-state index in [0.717, 1.165) is 0 Å². The standard InChI is InChI=1S/C22H16FNO3/c23-18-11-6-16(7-12-18)8-15-21(25)27-20-13-9-17(10-14-20)22(26)24-19-4-2-1-3-5-19/h1-15H,(H,24,26)/b15-8+. The Balaban J connectivity index is 1.57. The first kappa shape index (κ1) is 18.1. The van der Waals surface area contributed by atoms with E-state index in [4.69, 9.17) is 4.74 Å². The largest absolute Gasteiger partial charge is 0.423 e. The highest BCUT2D eigenvalue weighted by molar-refractivity contribution is 6.04. The van der Waals surface area contributed by atoms with Crippen molar-refractivity contribution in [1.82, 2.24) is 0 Å². The molecule has 0 aliphatic carbocycles. The van der Waals surface area contributed by atoms with Crippen LogP contribution in [0, 0.1) is 5.82 Å². The van der Waals surface area contributed by atoms with Crippen LogP contribution in [0.4, 0.5) is 10.1 Å². The Bertz CT molecular complexity index is 949. The molecule has 0 fully saturated rings. The molecule has 1 N–H and O–H groups in total. The maximum atomic E-state index is 12.8. The maximum absolute atomic E-state index is 12.8. The second-order valence-electron chi connectivity index (χ2n) is 5.65. The number of halogens is 1. The maximum Gasteiger partial charge on any atom is 0.336 e. The van der Waals surface area contributed by atoms with Gasteiger partial charge in [0, 0.05) is 17.3 Å². The molecule has 27 heavy (non-hydrogen) atoms. The van der Waals surface area contributed by atoms with Crippen LogP contribution >= 0.6 is 0 Å². The second-order valence-corrected chi connectivity index (χ2v) is 5.65. The summed E-state index contributed by atoms with van der Waals surface area (Å²) in [6.07, 6.45) is 2.78. The highest BCUT2D eigenvalue weighted by Gasteiger charge is 2.07. The number of carbonyl (C=O) groups is 2. The van der Waals surface area contributed by atoms with Gasteiger partial charge in [0.2, 0.25) is 0 Å². The Kier molecular flexibility index (Phi) is 5.74. The van der Waals surface area contributed by atoms with E-state index in [9.17, 15) is 14.0 Å². The van der Waals surface area contributed by atoms with Gasteiger partial charge in [0.15, 0.2) is 0 Å². The number of amides is 1. The molecule has 5 heteroatoms. The Morgan fingerprint density at radius 3 is 2.19 bits per heavy atom. The van der Waals surface area contributed by atoms with Crippen LogP contribution in [-0.4, -0.2) is 11.9 Å². The third kappa shape index (κ3) is 5.37. The Hall–Kier alpha value is -3.73. The van der Waals surface area contributed by atoms with Crippen molar-refractivity contribution in [3.05, 3.63) is 102 Å². The van der Waals surface area contributed by atoms with E-state index in [1.807, 2.05) is 18.2 Å². The number of benzene rings is 3. The fourth-order valence-corrected chi connectivity index (χ4v) is 2.29. The van der Waals surface area contributed by atoms with Gasteiger partial charge < -0.3 is 10.1 Å². The average Bonchev–Trinajstić information content (AvgIpc) is 2.69. The van der Waals surface area contributed by atoms with Crippen molar-refractivity contribution < 1.29 is 18.7 Å². The normalized spacial score (nSPS) is 10.6. The van der Waals surface area contributed by atoms with Crippen LogP contribution in [0.1, 0.15) is 15.9 Å². The summed E-state index contributed by atoms with van der Waals surface area (Å²) in [6.45, 7) is 0. The van der Waals surface area contributed by atoms with Gasteiger partial charge in [-0.15, -0.1) is 0 Å². The molecule has 0 bridgehead atoms. The SMILES string of the molecule is O=C(/C=C/c1ccc(F)cc1)Oc1ccc(C(=O)Nc2ccccc2)cc1. The monoisotopic (exact) mass is 361 g/mol. The number of hydrogen-bond acceptors (Lipinski definition) is 3. The van der Waals surface area contributed by atoms with Crippen molar-refractivity contribution in [2.75, 3.05) is 5.32 Å². The van der Waals surface area contributed by atoms with Crippen molar-refractivity contribution in [2.45, 2.75) is 0 Å². The number of para-hydroxylation sites is 1. The van der Waals surface area contributed by atoms with Crippen LogP contribution in [-0.2, 0) is 4.79 Å². The van der Waals surface area contributed by atoms with E-state index in [0.29, 0.717) is 22.6 Å². The summed E-state index contributed by atoms with van der Waals surface area (Å²) >= 11 is 0. The third-order valence-electron chi connectivity index (χ3n) is 3.65. The molecule has 134 valence electrons. The quantitative estimate of drug-likeness (QED) is 0.407. The lowest BCUT2D eigenvalue weighted by atomic mass is 10.2. The number of hydrogen-bond donors (Lipinski definition) is 1. The van der Waals surface area contributed by atoms with E-state index in [1.54, 1.807) is 48.5 Å². The van der Waals surface area contributed by atoms with Gasteiger partial charge in [-0.1, -0.05) is 30.3 Å². The number of ether oxygens (including phenoxy) is 1. The topological polar surface area (TPSA) is 55.4 Å². The molecule has 3 aromatic carbocycles. The molecule has 0 aliphatic heterocycles. The lowest BCUT2D eigenvalue weighted by Gasteiger charge is -2.06. The zero-order valence-corrected chi connectivity index (χ0v) is 14.3. The summed E-state index contributed by atoms with van der Waals surface area (Å²) < 4.78 is 18.0. The highest BCUT2D eigenvalue weighted by Crippen LogP contribution is 2.15. The molecule has 0 aromatic heterocycles. The van der Waals surface area contributed by atoms with Crippen LogP contribution in [0.2, 0.25) is 0 Å². The van der Waals surface area contributed by atoms with E-state index in [-0.39, 0.29) is 11.7 Å². The van der Waals surface area contributed by atoms with Crippen LogP contribution in [0.15, 0.2) is 84.9 Å². The fourth-order valence-electron chi connectivity index (χ4n) is 2.29. The molecule has 0 saturated heterocycles. The number of carbonyl (C=O) groups excluding carboxylic acids is 2.